The number of hydrogen-bond acceptors (Lipinski definition) is 3. The van der Waals surface area contributed by atoms with Gasteiger partial charge in [-0.1, -0.05) is 30.9 Å². The smallest absolute Gasteiger partial charge is 0.253 e. The fourth-order valence-corrected chi connectivity index (χ4v) is 1.77. The summed E-state index contributed by atoms with van der Waals surface area (Å²) in [5.41, 5.74) is -0.357. The lowest BCUT2D eigenvalue weighted by molar-refractivity contribution is 0.359. The minimum atomic E-state index is -1.71. The summed E-state index contributed by atoms with van der Waals surface area (Å²) in [5.74, 6) is -6.12. The van der Waals surface area contributed by atoms with Crippen molar-refractivity contribution in [1.82, 2.24) is 4.98 Å². The third-order valence-corrected chi connectivity index (χ3v) is 2.78. The zero-order chi connectivity index (χ0) is 16.1. The maximum Gasteiger partial charge on any atom is 0.253 e. The van der Waals surface area contributed by atoms with Gasteiger partial charge >= 0.3 is 0 Å². The van der Waals surface area contributed by atoms with Crippen molar-refractivity contribution in [3.8, 4) is 5.75 Å². The molecule has 0 aliphatic rings. The molecule has 7 heteroatoms. The lowest BCUT2D eigenvalue weighted by Gasteiger charge is -2.13. The van der Waals surface area contributed by atoms with E-state index in [0.29, 0.717) is 11.3 Å². The van der Waals surface area contributed by atoms with E-state index < -0.39 is 29.2 Å². The number of hydrogen-bond donors (Lipinski definition) is 1. The molecule has 0 spiro atoms. The first kappa shape index (κ1) is 15.8. The number of halogens is 4. The van der Waals surface area contributed by atoms with Gasteiger partial charge in [0, 0.05) is 12.1 Å². The van der Waals surface area contributed by atoms with Crippen LogP contribution in [-0.4, -0.2) is 11.6 Å². The van der Waals surface area contributed by atoms with Crippen LogP contribution in [0.25, 0.3) is 0 Å². The first-order valence-electron chi connectivity index (χ1n) is 6.30. The Labute approximate surface area is 124 Å². The van der Waals surface area contributed by atoms with Crippen LogP contribution in [0.5, 0.6) is 5.75 Å². The normalized spacial score (nSPS) is 10.4. The summed E-state index contributed by atoms with van der Waals surface area (Å²) in [6, 6.07) is 6.71. The van der Waals surface area contributed by atoms with Crippen LogP contribution in [0.2, 0.25) is 0 Å². The fraction of sp³-hybridized carbons (Fsp3) is 0.133. The van der Waals surface area contributed by atoms with Crippen molar-refractivity contribution in [2.75, 3.05) is 11.9 Å². The van der Waals surface area contributed by atoms with Crippen LogP contribution in [0, 0.1) is 23.5 Å². The largest absolute Gasteiger partial charge is 0.489 e. The highest BCUT2D eigenvalue weighted by Gasteiger charge is 2.20. The molecule has 0 atom stereocenters. The quantitative estimate of drug-likeness (QED) is 0.500. The molecule has 22 heavy (non-hydrogen) atoms. The highest BCUT2D eigenvalue weighted by molar-refractivity contribution is 5.47. The number of rotatable bonds is 6. The van der Waals surface area contributed by atoms with Crippen LogP contribution in [0.15, 0.2) is 36.9 Å². The van der Waals surface area contributed by atoms with Crippen LogP contribution in [-0.2, 0) is 6.54 Å². The molecule has 0 saturated carbocycles. The first-order chi connectivity index (χ1) is 10.5. The van der Waals surface area contributed by atoms with Gasteiger partial charge in [0.25, 0.3) is 11.9 Å². The Bertz CT molecular complexity index is 665. The van der Waals surface area contributed by atoms with E-state index in [1.165, 1.54) is 6.08 Å². The van der Waals surface area contributed by atoms with Crippen molar-refractivity contribution >= 4 is 5.69 Å². The molecule has 1 N–H and O–H groups in total. The number of benzene rings is 1. The van der Waals surface area contributed by atoms with Crippen LogP contribution < -0.4 is 10.1 Å². The molecule has 2 aromatic rings. The number of aromatic nitrogens is 1. The van der Waals surface area contributed by atoms with Crippen molar-refractivity contribution < 1.29 is 22.3 Å². The molecule has 0 amide bonds. The summed E-state index contributed by atoms with van der Waals surface area (Å²) in [6.07, 6.45) is 1.54. The first-order valence-corrected chi connectivity index (χ1v) is 6.30. The molecule has 0 bridgehead atoms. The topological polar surface area (TPSA) is 34.1 Å². The Morgan fingerprint density at radius 2 is 1.73 bits per heavy atom. The monoisotopic (exact) mass is 312 g/mol. The van der Waals surface area contributed by atoms with Gasteiger partial charge in [0.05, 0.1) is 0 Å². The molecule has 1 aromatic carbocycles. The molecule has 1 aromatic heterocycles. The Kier molecular flexibility index (Phi) is 4.98. The Balaban J connectivity index is 2.22. The molecule has 0 radical (unpaired) electrons. The van der Waals surface area contributed by atoms with Crippen molar-refractivity contribution in [2.24, 2.45) is 0 Å². The van der Waals surface area contributed by atoms with Gasteiger partial charge in [0.1, 0.15) is 18.0 Å². The Morgan fingerprint density at radius 1 is 1.09 bits per heavy atom. The van der Waals surface area contributed by atoms with Gasteiger partial charge in [-0.05, 0) is 6.07 Å². The van der Waals surface area contributed by atoms with E-state index in [1.54, 1.807) is 24.3 Å². The van der Waals surface area contributed by atoms with Crippen LogP contribution in [0.3, 0.4) is 0 Å². The van der Waals surface area contributed by atoms with E-state index in [2.05, 4.69) is 16.9 Å². The average Bonchev–Trinajstić information content (AvgIpc) is 2.52. The minimum absolute atomic E-state index is 0.0932. The predicted octanol–water partition coefficient (Wildman–Crippen LogP) is 3.81. The van der Waals surface area contributed by atoms with Gasteiger partial charge in [-0.3, -0.25) is 0 Å². The van der Waals surface area contributed by atoms with Crippen molar-refractivity contribution in [3.05, 3.63) is 66.0 Å². The van der Waals surface area contributed by atoms with Gasteiger partial charge < -0.3 is 10.1 Å². The summed E-state index contributed by atoms with van der Waals surface area (Å²) >= 11 is 0. The number of nitrogens with zero attached hydrogens (tertiary/aromatic N) is 1. The molecule has 3 nitrogen and oxygen atoms in total. The van der Waals surface area contributed by atoms with Crippen LogP contribution in [0.1, 0.15) is 5.56 Å². The number of pyridine rings is 1. The lowest BCUT2D eigenvalue weighted by Crippen LogP contribution is -2.10. The Morgan fingerprint density at radius 3 is 2.36 bits per heavy atom. The maximum absolute atomic E-state index is 13.5. The molecule has 1 heterocycles. The van der Waals surface area contributed by atoms with Crippen molar-refractivity contribution in [1.29, 1.82) is 0 Å². The SMILES string of the molecule is C=CCOc1ccccc1CNc1c(F)c(F)nc(F)c1F. The number of para-hydroxylation sites is 1. The molecule has 0 unspecified atom stereocenters. The molecule has 0 aliphatic carbocycles. The van der Waals surface area contributed by atoms with E-state index in [4.69, 9.17) is 4.74 Å². The second kappa shape index (κ2) is 6.93. The van der Waals surface area contributed by atoms with Gasteiger partial charge in [-0.15, -0.1) is 0 Å². The fourth-order valence-electron chi connectivity index (χ4n) is 1.77. The van der Waals surface area contributed by atoms with E-state index in [0.717, 1.165) is 0 Å². The molecule has 0 saturated heterocycles. The molecule has 0 aliphatic heterocycles. The highest BCUT2D eigenvalue weighted by atomic mass is 19.2. The van der Waals surface area contributed by atoms with Gasteiger partial charge in [0.15, 0.2) is 0 Å². The zero-order valence-electron chi connectivity index (χ0n) is 11.4. The number of nitrogens with one attached hydrogen (secondary N) is 1. The van der Waals surface area contributed by atoms with Gasteiger partial charge in [0.2, 0.25) is 11.6 Å². The highest BCUT2D eigenvalue weighted by Crippen LogP contribution is 2.24. The van der Waals surface area contributed by atoms with Gasteiger partial charge in [-0.2, -0.15) is 22.5 Å². The summed E-state index contributed by atoms with van der Waals surface area (Å²) in [5, 5.41) is 2.32. The summed E-state index contributed by atoms with van der Waals surface area (Å²) < 4.78 is 58.4. The molecule has 2 rings (SSSR count). The van der Waals surface area contributed by atoms with E-state index in [9.17, 15) is 17.6 Å². The van der Waals surface area contributed by atoms with Crippen molar-refractivity contribution in [3.63, 3.8) is 0 Å². The lowest BCUT2D eigenvalue weighted by atomic mass is 10.2. The van der Waals surface area contributed by atoms with E-state index in [1.807, 2.05) is 0 Å². The summed E-state index contributed by atoms with van der Waals surface area (Å²) in [6.45, 7) is 3.67. The van der Waals surface area contributed by atoms with Crippen LogP contribution >= 0.6 is 0 Å². The molecule has 116 valence electrons. The van der Waals surface area contributed by atoms with Crippen molar-refractivity contribution in [2.45, 2.75) is 6.54 Å². The molecular weight excluding hydrogens is 300 g/mol. The maximum atomic E-state index is 13.5. The third-order valence-electron chi connectivity index (χ3n) is 2.78. The molecule has 0 fully saturated rings. The standard InChI is InChI=1S/C15H12F4N2O/c1-2-7-22-10-6-4-3-5-9(10)8-20-13-11(16)14(18)21-15(19)12(13)17/h2-6H,1,7-8H2,(H,20,21). The summed E-state index contributed by atoms with van der Waals surface area (Å²) in [7, 11) is 0. The zero-order valence-corrected chi connectivity index (χ0v) is 11.4. The van der Waals surface area contributed by atoms with E-state index >= 15 is 0 Å². The number of ether oxygens (including phenoxy) is 1. The summed E-state index contributed by atoms with van der Waals surface area (Å²) in [4.78, 5) is 2.49. The second-order valence-electron chi connectivity index (χ2n) is 4.26. The average molecular weight is 312 g/mol. The third kappa shape index (κ3) is 3.36. The molecular formula is C15H12F4N2O. The minimum Gasteiger partial charge on any atom is -0.489 e. The van der Waals surface area contributed by atoms with Crippen LogP contribution in [0.4, 0.5) is 23.2 Å². The predicted molar refractivity (Wildman–Crippen MR) is 73.5 cm³/mol. The Hall–Kier alpha value is -2.57. The second-order valence-corrected chi connectivity index (χ2v) is 4.26. The van der Waals surface area contributed by atoms with E-state index in [-0.39, 0.29) is 13.2 Å². The van der Waals surface area contributed by atoms with Gasteiger partial charge in [-0.25, -0.2) is 0 Å². The number of anilines is 1.